The van der Waals surface area contributed by atoms with Crippen LogP contribution in [0.25, 0.3) is 0 Å². The van der Waals surface area contributed by atoms with Crippen molar-refractivity contribution in [3.63, 3.8) is 0 Å². The van der Waals surface area contributed by atoms with Crippen LogP contribution in [0.15, 0.2) is 18.3 Å². The zero-order chi connectivity index (χ0) is 13.4. The summed E-state index contributed by atoms with van der Waals surface area (Å²) in [5, 5.41) is 8.84. The van der Waals surface area contributed by atoms with Gasteiger partial charge in [0.1, 0.15) is 12.2 Å². The first kappa shape index (κ1) is 12.3. The van der Waals surface area contributed by atoms with Gasteiger partial charge in [0, 0.05) is 19.3 Å². The van der Waals surface area contributed by atoms with Crippen molar-refractivity contribution >= 4 is 11.9 Å². The van der Waals surface area contributed by atoms with E-state index in [1.165, 1.54) is 23.8 Å². The average Bonchev–Trinajstić information content (AvgIpc) is 2.99. The van der Waals surface area contributed by atoms with Gasteiger partial charge in [0.25, 0.3) is 5.91 Å². The third kappa shape index (κ3) is 2.25. The highest BCUT2D eigenvalue weighted by Crippen LogP contribution is 2.38. The summed E-state index contributed by atoms with van der Waals surface area (Å²) in [7, 11) is 0. The number of hydrogen-bond donors (Lipinski definition) is 1. The highest BCUT2D eigenvalue weighted by molar-refractivity contribution is 5.93. The predicted molar refractivity (Wildman–Crippen MR) is 68.8 cm³/mol. The Bertz CT molecular complexity index is 497. The van der Waals surface area contributed by atoms with Crippen LogP contribution < -0.4 is 0 Å². The zero-order valence-corrected chi connectivity index (χ0v) is 10.8. The maximum atomic E-state index is 12.5. The number of amides is 1. The number of carbonyl (C=O) groups is 2. The van der Waals surface area contributed by atoms with Crippen LogP contribution in [0.1, 0.15) is 29.8 Å². The zero-order valence-electron chi connectivity index (χ0n) is 10.8. The molecule has 2 aliphatic rings. The van der Waals surface area contributed by atoms with Crippen molar-refractivity contribution < 1.29 is 14.7 Å². The molecule has 2 fully saturated rings. The van der Waals surface area contributed by atoms with Gasteiger partial charge in [-0.05, 0) is 36.8 Å². The normalized spacial score (nSPS) is 25.6. The standard InChI is InChI=1S/C14H18N2O3/c17-13(18)9-15-6-2-5-12(15)14(19)16-7-10-3-1-4-11(10)8-16/h2,5-6,10-11H,1,3-4,7-9H2,(H,17,18). The molecule has 1 aromatic rings. The number of nitrogens with zero attached hydrogens (tertiary/aromatic N) is 2. The number of carbonyl (C=O) groups excluding carboxylic acids is 1. The number of rotatable bonds is 3. The number of carboxylic acids is 1. The Morgan fingerprint density at radius 2 is 1.95 bits per heavy atom. The Balaban J connectivity index is 1.74. The second-order valence-electron chi connectivity index (χ2n) is 5.58. The molecule has 1 N–H and O–H groups in total. The lowest BCUT2D eigenvalue weighted by Crippen LogP contribution is -2.31. The van der Waals surface area contributed by atoms with Crippen molar-refractivity contribution in [2.24, 2.45) is 11.8 Å². The number of aromatic nitrogens is 1. The van der Waals surface area contributed by atoms with E-state index < -0.39 is 5.97 Å². The lowest BCUT2D eigenvalue weighted by molar-refractivity contribution is -0.137. The van der Waals surface area contributed by atoms with E-state index in [2.05, 4.69) is 0 Å². The Morgan fingerprint density at radius 1 is 1.26 bits per heavy atom. The highest BCUT2D eigenvalue weighted by atomic mass is 16.4. The summed E-state index contributed by atoms with van der Waals surface area (Å²) in [6.45, 7) is 1.51. The van der Waals surface area contributed by atoms with Crippen molar-refractivity contribution in [3.8, 4) is 0 Å². The van der Waals surface area contributed by atoms with Crippen molar-refractivity contribution in [3.05, 3.63) is 24.0 Å². The highest BCUT2D eigenvalue weighted by Gasteiger charge is 2.38. The summed E-state index contributed by atoms with van der Waals surface area (Å²) in [6.07, 6.45) is 5.39. The Kier molecular flexibility index (Phi) is 3.05. The molecule has 2 unspecified atom stereocenters. The molecule has 0 bridgehead atoms. The van der Waals surface area contributed by atoms with Gasteiger partial charge in [-0.25, -0.2) is 0 Å². The first-order chi connectivity index (χ1) is 9.15. The van der Waals surface area contributed by atoms with Crippen LogP contribution in [0.5, 0.6) is 0 Å². The first-order valence-electron chi connectivity index (χ1n) is 6.81. The maximum absolute atomic E-state index is 12.5. The smallest absolute Gasteiger partial charge is 0.323 e. The fourth-order valence-corrected chi connectivity index (χ4v) is 3.45. The van der Waals surface area contributed by atoms with Crippen LogP contribution in [-0.2, 0) is 11.3 Å². The van der Waals surface area contributed by atoms with Gasteiger partial charge in [-0.15, -0.1) is 0 Å². The SMILES string of the molecule is O=C(O)Cn1cccc1C(=O)N1CC2CCCC2C1. The monoisotopic (exact) mass is 262 g/mol. The molecule has 0 aromatic carbocycles. The van der Waals surface area contributed by atoms with Crippen LogP contribution in [0, 0.1) is 11.8 Å². The largest absolute Gasteiger partial charge is 0.480 e. The molecule has 102 valence electrons. The molecule has 2 atom stereocenters. The van der Waals surface area contributed by atoms with Crippen molar-refractivity contribution in [2.75, 3.05) is 13.1 Å². The lowest BCUT2D eigenvalue weighted by atomic mass is 10.0. The molecular formula is C14H18N2O3. The van der Waals surface area contributed by atoms with Crippen molar-refractivity contribution in [1.29, 1.82) is 0 Å². The second-order valence-corrected chi connectivity index (χ2v) is 5.58. The average molecular weight is 262 g/mol. The molecule has 1 amide bonds. The van der Waals surface area contributed by atoms with Gasteiger partial charge in [-0.1, -0.05) is 6.42 Å². The molecule has 19 heavy (non-hydrogen) atoms. The molecule has 1 saturated carbocycles. The number of likely N-dealkylation sites (tertiary alicyclic amines) is 1. The fourth-order valence-electron chi connectivity index (χ4n) is 3.45. The molecule has 1 aromatic heterocycles. The molecule has 1 aliphatic carbocycles. The molecule has 3 rings (SSSR count). The van der Waals surface area contributed by atoms with Gasteiger partial charge < -0.3 is 14.6 Å². The lowest BCUT2D eigenvalue weighted by Gasteiger charge is -2.18. The summed E-state index contributed by atoms with van der Waals surface area (Å²) in [4.78, 5) is 25.1. The van der Waals surface area contributed by atoms with E-state index >= 15 is 0 Å². The summed E-state index contributed by atoms with van der Waals surface area (Å²) in [6, 6.07) is 3.44. The fraction of sp³-hybridized carbons (Fsp3) is 0.571. The van der Waals surface area contributed by atoms with E-state index in [0.29, 0.717) is 17.5 Å². The summed E-state index contributed by atoms with van der Waals surface area (Å²) in [5.74, 6) is 0.364. The van der Waals surface area contributed by atoms with Crippen LogP contribution in [0.2, 0.25) is 0 Å². The topological polar surface area (TPSA) is 62.5 Å². The van der Waals surface area contributed by atoms with Crippen LogP contribution in [-0.4, -0.2) is 39.5 Å². The molecule has 1 aliphatic heterocycles. The molecular weight excluding hydrogens is 244 g/mol. The van der Waals surface area contributed by atoms with E-state index in [0.717, 1.165) is 13.1 Å². The Labute approximate surface area is 111 Å². The van der Waals surface area contributed by atoms with Crippen molar-refractivity contribution in [2.45, 2.75) is 25.8 Å². The van der Waals surface area contributed by atoms with Gasteiger partial charge in [-0.3, -0.25) is 9.59 Å². The molecule has 1 saturated heterocycles. The van der Waals surface area contributed by atoms with Gasteiger partial charge in [0.05, 0.1) is 0 Å². The minimum atomic E-state index is -0.927. The quantitative estimate of drug-likeness (QED) is 0.896. The first-order valence-corrected chi connectivity index (χ1v) is 6.81. The molecule has 5 nitrogen and oxygen atoms in total. The molecule has 0 radical (unpaired) electrons. The van der Waals surface area contributed by atoms with E-state index in [-0.39, 0.29) is 12.5 Å². The summed E-state index contributed by atoms with van der Waals surface area (Å²) in [5.41, 5.74) is 0.488. The van der Waals surface area contributed by atoms with Gasteiger partial charge >= 0.3 is 5.97 Å². The van der Waals surface area contributed by atoms with E-state index in [4.69, 9.17) is 5.11 Å². The Hall–Kier alpha value is -1.78. The molecule has 2 heterocycles. The molecule has 0 spiro atoms. The number of aliphatic carboxylic acids is 1. The van der Waals surface area contributed by atoms with E-state index in [9.17, 15) is 9.59 Å². The van der Waals surface area contributed by atoms with Crippen molar-refractivity contribution in [1.82, 2.24) is 9.47 Å². The van der Waals surface area contributed by atoms with Gasteiger partial charge in [-0.2, -0.15) is 0 Å². The van der Waals surface area contributed by atoms with Gasteiger partial charge in [0.15, 0.2) is 0 Å². The minimum absolute atomic E-state index is 0.0272. The van der Waals surface area contributed by atoms with Gasteiger partial charge in [0.2, 0.25) is 0 Å². The number of hydrogen-bond acceptors (Lipinski definition) is 2. The third-order valence-corrected chi connectivity index (χ3v) is 4.37. The van der Waals surface area contributed by atoms with E-state index in [1.807, 2.05) is 4.90 Å². The van der Waals surface area contributed by atoms with Crippen LogP contribution in [0.4, 0.5) is 0 Å². The Morgan fingerprint density at radius 3 is 2.58 bits per heavy atom. The maximum Gasteiger partial charge on any atom is 0.323 e. The van der Waals surface area contributed by atoms with E-state index in [1.54, 1.807) is 18.3 Å². The second kappa shape index (κ2) is 4.72. The summed E-state index contributed by atoms with van der Waals surface area (Å²) >= 11 is 0. The predicted octanol–water partition coefficient (Wildman–Crippen LogP) is 1.44. The third-order valence-electron chi connectivity index (χ3n) is 4.37. The minimum Gasteiger partial charge on any atom is -0.480 e. The van der Waals surface area contributed by atoms with Crippen LogP contribution in [0.3, 0.4) is 0 Å². The number of fused-ring (bicyclic) bond motifs is 1. The number of carboxylic acid groups (broad SMARTS) is 1. The van der Waals surface area contributed by atoms with Crippen LogP contribution >= 0.6 is 0 Å². The molecule has 5 heteroatoms. The summed E-state index contributed by atoms with van der Waals surface area (Å²) < 4.78 is 1.51.